The Morgan fingerprint density at radius 3 is 0.717 bits per heavy atom. The van der Waals surface area contributed by atoms with Gasteiger partial charge < -0.3 is 14.2 Å². The molecule has 0 aromatic rings. The van der Waals surface area contributed by atoms with Crippen molar-refractivity contribution in [2.75, 3.05) is 13.2 Å². The second kappa shape index (κ2) is 45.4. The number of carbonyl (C=O) groups excluding carboxylic acids is 3. The zero-order valence-electron chi connectivity index (χ0n) is 41.3. The quantitative estimate of drug-likeness (QED) is 0.0345. The van der Waals surface area contributed by atoms with Crippen LogP contribution < -0.4 is 0 Å². The number of hydrogen-bond acceptors (Lipinski definition) is 6. The average molecular weight is 849 g/mol. The Bertz CT molecular complexity index is 929. The highest BCUT2D eigenvalue weighted by molar-refractivity contribution is 5.71. The molecule has 0 rings (SSSR count). The van der Waals surface area contributed by atoms with E-state index in [1.807, 2.05) is 0 Å². The molecule has 0 radical (unpaired) electrons. The molecule has 0 saturated carbocycles. The zero-order valence-corrected chi connectivity index (χ0v) is 41.3. The van der Waals surface area contributed by atoms with Crippen molar-refractivity contribution in [1.82, 2.24) is 0 Å². The van der Waals surface area contributed by atoms with Gasteiger partial charge in [-0.15, -0.1) is 0 Å². The highest BCUT2D eigenvalue weighted by Gasteiger charge is 2.19. The molecule has 0 heterocycles. The van der Waals surface area contributed by atoms with Gasteiger partial charge in [0.1, 0.15) is 13.2 Å². The van der Waals surface area contributed by atoms with Crippen molar-refractivity contribution in [2.45, 2.75) is 298 Å². The Morgan fingerprint density at radius 1 is 0.283 bits per heavy atom. The Hall–Kier alpha value is -1.59. The van der Waals surface area contributed by atoms with Gasteiger partial charge in [-0.3, -0.25) is 14.4 Å². The highest BCUT2D eigenvalue weighted by atomic mass is 16.6. The lowest BCUT2D eigenvalue weighted by atomic mass is 10.0. The Balaban J connectivity index is 4.28. The van der Waals surface area contributed by atoms with E-state index in [0.29, 0.717) is 19.3 Å². The van der Waals surface area contributed by atoms with Crippen LogP contribution in [0.3, 0.4) is 0 Å². The van der Waals surface area contributed by atoms with Gasteiger partial charge in [-0.1, -0.05) is 253 Å². The van der Waals surface area contributed by atoms with Crippen LogP contribution in [0, 0.1) is 17.8 Å². The lowest BCUT2D eigenvalue weighted by molar-refractivity contribution is -0.167. The highest BCUT2D eigenvalue weighted by Crippen LogP contribution is 2.18. The van der Waals surface area contributed by atoms with Crippen molar-refractivity contribution >= 4 is 17.9 Å². The first-order valence-corrected chi connectivity index (χ1v) is 26.6. The van der Waals surface area contributed by atoms with Crippen LogP contribution in [0.1, 0.15) is 292 Å². The van der Waals surface area contributed by atoms with Crippen molar-refractivity contribution in [1.29, 1.82) is 0 Å². The smallest absolute Gasteiger partial charge is 0.306 e. The molecule has 0 aliphatic carbocycles. The molecule has 60 heavy (non-hydrogen) atoms. The topological polar surface area (TPSA) is 78.9 Å². The summed E-state index contributed by atoms with van der Waals surface area (Å²) in [6.45, 7) is 13.7. The summed E-state index contributed by atoms with van der Waals surface area (Å²) in [4.78, 5) is 38.0. The zero-order chi connectivity index (χ0) is 44.2. The van der Waals surface area contributed by atoms with Gasteiger partial charge in [0, 0.05) is 19.3 Å². The third-order valence-corrected chi connectivity index (χ3v) is 12.1. The van der Waals surface area contributed by atoms with Gasteiger partial charge in [0.05, 0.1) is 0 Å². The summed E-state index contributed by atoms with van der Waals surface area (Å²) in [6, 6.07) is 0. The molecule has 6 heteroatoms. The van der Waals surface area contributed by atoms with E-state index in [0.717, 1.165) is 75.5 Å². The van der Waals surface area contributed by atoms with E-state index in [2.05, 4.69) is 41.5 Å². The van der Waals surface area contributed by atoms with E-state index in [1.54, 1.807) is 0 Å². The van der Waals surface area contributed by atoms with Gasteiger partial charge in [-0.2, -0.15) is 0 Å². The molecule has 0 aliphatic rings. The summed E-state index contributed by atoms with van der Waals surface area (Å²) in [5, 5.41) is 0. The van der Waals surface area contributed by atoms with Crippen LogP contribution in [0.15, 0.2) is 0 Å². The average Bonchev–Trinajstić information content (AvgIpc) is 3.20. The monoisotopic (exact) mass is 849 g/mol. The minimum absolute atomic E-state index is 0.0648. The normalized spacial score (nSPS) is 12.2. The van der Waals surface area contributed by atoms with Crippen LogP contribution in [0.25, 0.3) is 0 Å². The van der Waals surface area contributed by atoms with Crippen LogP contribution in [0.2, 0.25) is 0 Å². The molecule has 0 amide bonds. The summed E-state index contributed by atoms with van der Waals surface area (Å²) in [7, 11) is 0. The molecule has 0 fully saturated rings. The van der Waals surface area contributed by atoms with Crippen LogP contribution >= 0.6 is 0 Å². The largest absolute Gasteiger partial charge is 0.462 e. The fourth-order valence-electron chi connectivity index (χ4n) is 8.12. The lowest BCUT2D eigenvalue weighted by Gasteiger charge is -2.18. The maximum atomic E-state index is 12.8. The fraction of sp³-hybridized carbons (Fsp3) is 0.944. The SMILES string of the molecule is CC(C)CCCCCCCCCCCCCCCCC(=O)O[C@H](COC(=O)CCCCCCCCCCCCCCC(C)C)COC(=O)CCCCCCCCCC(C)C. The van der Waals surface area contributed by atoms with Crippen molar-refractivity contribution in [2.24, 2.45) is 17.8 Å². The van der Waals surface area contributed by atoms with E-state index in [-0.39, 0.29) is 31.1 Å². The Labute approximate surface area is 374 Å². The maximum absolute atomic E-state index is 12.8. The first-order chi connectivity index (χ1) is 29.1. The van der Waals surface area contributed by atoms with Crippen molar-refractivity contribution < 1.29 is 28.6 Å². The van der Waals surface area contributed by atoms with E-state index < -0.39 is 6.10 Å². The first kappa shape index (κ1) is 58.4. The van der Waals surface area contributed by atoms with Gasteiger partial charge in [-0.25, -0.2) is 0 Å². The van der Waals surface area contributed by atoms with Crippen molar-refractivity contribution in [3.05, 3.63) is 0 Å². The third kappa shape index (κ3) is 47.5. The molecule has 0 saturated heterocycles. The molecule has 356 valence electrons. The standard InChI is InChI=1S/C54H104O6/c1-48(2)40-34-28-22-17-13-9-7-8-10-16-20-26-33-39-45-54(57)60-51(47-59-53(56)44-38-32-27-21-24-30-36-42-50(5)6)46-58-52(55)43-37-31-25-19-15-12-11-14-18-23-29-35-41-49(3)4/h48-51H,7-47H2,1-6H3/t51-/m1/s1. The van der Waals surface area contributed by atoms with Gasteiger partial charge in [-0.05, 0) is 37.0 Å². The molecule has 0 unspecified atom stereocenters. The molecule has 6 nitrogen and oxygen atoms in total. The Kier molecular flexibility index (Phi) is 44.2. The van der Waals surface area contributed by atoms with E-state index >= 15 is 0 Å². The summed E-state index contributed by atoms with van der Waals surface area (Å²) in [5.41, 5.74) is 0. The van der Waals surface area contributed by atoms with Gasteiger partial charge in [0.25, 0.3) is 0 Å². The van der Waals surface area contributed by atoms with Gasteiger partial charge in [0.2, 0.25) is 0 Å². The van der Waals surface area contributed by atoms with Gasteiger partial charge in [0.15, 0.2) is 6.10 Å². The van der Waals surface area contributed by atoms with Crippen LogP contribution in [-0.4, -0.2) is 37.2 Å². The van der Waals surface area contributed by atoms with Crippen LogP contribution in [-0.2, 0) is 28.6 Å². The van der Waals surface area contributed by atoms with E-state index in [4.69, 9.17) is 14.2 Å². The van der Waals surface area contributed by atoms with E-state index in [1.165, 1.54) is 173 Å². The van der Waals surface area contributed by atoms with E-state index in [9.17, 15) is 14.4 Å². The maximum Gasteiger partial charge on any atom is 0.306 e. The fourth-order valence-corrected chi connectivity index (χ4v) is 8.12. The summed E-state index contributed by atoms with van der Waals surface area (Å²) in [6.07, 6.45) is 45.3. The predicted octanol–water partition coefficient (Wildman–Crippen LogP) is 17.2. The third-order valence-electron chi connectivity index (χ3n) is 12.1. The number of rotatable bonds is 47. The second-order valence-corrected chi connectivity index (χ2v) is 19.9. The molecule has 0 bridgehead atoms. The summed E-state index contributed by atoms with van der Waals surface area (Å²) >= 11 is 0. The minimum Gasteiger partial charge on any atom is -0.462 e. The van der Waals surface area contributed by atoms with Crippen molar-refractivity contribution in [3.63, 3.8) is 0 Å². The number of esters is 3. The molecular weight excluding hydrogens is 745 g/mol. The lowest BCUT2D eigenvalue weighted by Crippen LogP contribution is -2.30. The molecule has 0 aliphatic heterocycles. The second-order valence-electron chi connectivity index (χ2n) is 19.9. The number of hydrogen-bond donors (Lipinski definition) is 0. The number of unbranched alkanes of at least 4 members (excludes halogenated alkanes) is 30. The summed E-state index contributed by atoms with van der Waals surface area (Å²) in [5.74, 6) is 1.61. The molecule has 1 atom stereocenters. The summed E-state index contributed by atoms with van der Waals surface area (Å²) < 4.78 is 16.8. The molecular formula is C54H104O6. The molecule has 0 N–H and O–H groups in total. The van der Waals surface area contributed by atoms with Crippen LogP contribution in [0.5, 0.6) is 0 Å². The number of ether oxygens (including phenoxy) is 3. The Morgan fingerprint density at radius 2 is 0.483 bits per heavy atom. The first-order valence-electron chi connectivity index (χ1n) is 26.6. The number of carbonyl (C=O) groups is 3. The molecule has 0 spiro atoms. The minimum atomic E-state index is -0.763. The molecule has 0 aromatic heterocycles. The van der Waals surface area contributed by atoms with Gasteiger partial charge >= 0.3 is 17.9 Å². The molecule has 0 aromatic carbocycles. The van der Waals surface area contributed by atoms with Crippen LogP contribution in [0.4, 0.5) is 0 Å². The van der Waals surface area contributed by atoms with Crippen molar-refractivity contribution in [3.8, 4) is 0 Å². The predicted molar refractivity (Wildman–Crippen MR) is 256 cm³/mol.